The zero-order valence-electron chi connectivity index (χ0n) is 13.6. The molecule has 0 radical (unpaired) electrons. The second kappa shape index (κ2) is 6.50. The van der Waals surface area contributed by atoms with Crippen molar-refractivity contribution in [1.82, 2.24) is 10.3 Å². The van der Waals surface area contributed by atoms with Gasteiger partial charge in [-0.3, -0.25) is 4.79 Å². The monoisotopic (exact) mass is 332 g/mol. The fourth-order valence-corrected chi connectivity index (χ4v) is 3.13. The lowest BCUT2D eigenvalue weighted by atomic mass is 9.83. The average molecular weight is 332 g/mol. The molecule has 0 fully saturated rings. The van der Waals surface area contributed by atoms with Crippen LogP contribution in [0.1, 0.15) is 52.7 Å². The third kappa shape index (κ3) is 3.59. The number of carbonyl (C=O) groups is 2. The number of hydrogen-bond acceptors (Lipinski definition) is 4. The number of nitrogens with one attached hydrogen (secondary N) is 1. The minimum atomic E-state index is -0.991. The summed E-state index contributed by atoms with van der Waals surface area (Å²) in [5.74, 6) is -1.12. The molecule has 23 heavy (non-hydrogen) atoms. The topological polar surface area (TPSA) is 79.3 Å². The van der Waals surface area contributed by atoms with E-state index in [9.17, 15) is 9.59 Å². The average Bonchev–Trinajstić information content (AvgIpc) is 2.90. The van der Waals surface area contributed by atoms with E-state index in [1.54, 1.807) is 6.92 Å². The van der Waals surface area contributed by atoms with E-state index >= 15 is 0 Å². The predicted molar refractivity (Wildman–Crippen MR) is 89.8 cm³/mol. The quantitative estimate of drug-likeness (QED) is 0.880. The number of carboxylic acid groups (broad SMARTS) is 1. The predicted octanol–water partition coefficient (Wildman–Crippen LogP) is 3.30. The zero-order chi connectivity index (χ0) is 17.2. The summed E-state index contributed by atoms with van der Waals surface area (Å²) < 4.78 is 0. The molecule has 1 heterocycles. The Morgan fingerprint density at radius 1 is 1.26 bits per heavy atom. The lowest BCUT2D eigenvalue weighted by Gasteiger charge is -2.26. The molecule has 5 nitrogen and oxygen atoms in total. The number of rotatable bonds is 5. The van der Waals surface area contributed by atoms with Crippen molar-refractivity contribution in [2.75, 3.05) is 0 Å². The lowest BCUT2D eigenvalue weighted by Crippen LogP contribution is -2.41. The number of nitrogens with zero attached hydrogens (tertiary/aromatic N) is 1. The van der Waals surface area contributed by atoms with Crippen LogP contribution in [0.25, 0.3) is 0 Å². The van der Waals surface area contributed by atoms with Crippen LogP contribution in [0.5, 0.6) is 0 Å². The number of carbonyl (C=O) groups excluding carboxylic acids is 1. The van der Waals surface area contributed by atoms with Crippen LogP contribution in [0.15, 0.2) is 30.3 Å². The Labute approximate surface area is 139 Å². The van der Waals surface area contributed by atoms with E-state index in [0.29, 0.717) is 10.7 Å². The van der Waals surface area contributed by atoms with Crippen molar-refractivity contribution >= 4 is 23.2 Å². The molecular formula is C17H20N2O3S. The molecule has 0 saturated carbocycles. The molecule has 1 unspecified atom stereocenters. The van der Waals surface area contributed by atoms with Gasteiger partial charge in [-0.05, 0) is 33.3 Å². The molecule has 1 aromatic heterocycles. The summed E-state index contributed by atoms with van der Waals surface area (Å²) in [5, 5.41) is 12.6. The third-order valence-corrected chi connectivity index (χ3v) is 5.12. The van der Waals surface area contributed by atoms with Crippen molar-refractivity contribution in [2.24, 2.45) is 0 Å². The highest BCUT2D eigenvalue weighted by Gasteiger charge is 2.31. The van der Waals surface area contributed by atoms with Gasteiger partial charge in [0.25, 0.3) is 0 Å². The number of benzene rings is 1. The molecule has 0 saturated heterocycles. The summed E-state index contributed by atoms with van der Waals surface area (Å²) in [6.07, 6.45) is 0. The summed E-state index contributed by atoms with van der Waals surface area (Å²) >= 11 is 1.10. The van der Waals surface area contributed by atoms with Crippen LogP contribution >= 0.6 is 11.3 Å². The van der Waals surface area contributed by atoms with Crippen molar-refractivity contribution in [2.45, 2.75) is 39.2 Å². The summed E-state index contributed by atoms with van der Waals surface area (Å²) in [6.45, 7) is 7.19. The number of thiazole rings is 1. The van der Waals surface area contributed by atoms with Crippen LogP contribution in [0.3, 0.4) is 0 Å². The van der Waals surface area contributed by atoms with Gasteiger partial charge < -0.3 is 10.4 Å². The molecule has 0 aliphatic carbocycles. The first-order chi connectivity index (χ1) is 10.7. The molecule has 1 atom stereocenters. The third-order valence-electron chi connectivity index (χ3n) is 3.79. The molecule has 2 N–H and O–H groups in total. The Kier molecular flexibility index (Phi) is 4.85. The van der Waals surface area contributed by atoms with Crippen molar-refractivity contribution in [3.63, 3.8) is 0 Å². The summed E-state index contributed by atoms with van der Waals surface area (Å²) in [5.41, 5.74) is 0.712. The number of aryl methyl sites for hydroxylation is 1. The standard InChI is InChI=1S/C17H20N2O3S/c1-10-13(15(20)21)23-14(18-10)11(2)19-16(22)17(3,4)12-8-6-5-7-9-12/h5-9,11H,1-4H3,(H,19,22)(H,20,21). The second-order valence-electron chi connectivity index (χ2n) is 5.96. The minimum Gasteiger partial charge on any atom is -0.477 e. The van der Waals surface area contributed by atoms with E-state index < -0.39 is 11.4 Å². The van der Waals surface area contributed by atoms with Crippen molar-refractivity contribution in [1.29, 1.82) is 0 Å². The molecule has 1 aromatic carbocycles. The number of amides is 1. The van der Waals surface area contributed by atoms with E-state index in [1.165, 1.54) is 0 Å². The van der Waals surface area contributed by atoms with Gasteiger partial charge in [-0.2, -0.15) is 0 Å². The largest absolute Gasteiger partial charge is 0.477 e. The Morgan fingerprint density at radius 3 is 2.39 bits per heavy atom. The molecule has 6 heteroatoms. The van der Waals surface area contributed by atoms with Crippen LogP contribution < -0.4 is 5.32 Å². The molecule has 2 rings (SSSR count). The number of aromatic carboxylic acids is 1. The highest BCUT2D eigenvalue weighted by atomic mass is 32.1. The van der Waals surface area contributed by atoms with Gasteiger partial charge in [0.2, 0.25) is 5.91 Å². The van der Waals surface area contributed by atoms with Gasteiger partial charge in [0.1, 0.15) is 9.88 Å². The minimum absolute atomic E-state index is 0.124. The van der Waals surface area contributed by atoms with Gasteiger partial charge in [0.15, 0.2) is 0 Å². The van der Waals surface area contributed by atoms with Gasteiger partial charge in [-0.15, -0.1) is 11.3 Å². The normalized spacial score (nSPS) is 12.7. The molecule has 0 aliphatic rings. The van der Waals surface area contributed by atoms with E-state index in [2.05, 4.69) is 10.3 Å². The smallest absolute Gasteiger partial charge is 0.347 e. The fraction of sp³-hybridized carbons (Fsp3) is 0.353. The van der Waals surface area contributed by atoms with Crippen LogP contribution in [0.2, 0.25) is 0 Å². The van der Waals surface area contributed by atoms with Crippen LogP contribution in [0.4, 0.5) is 0 Å². The van der Waals surface area contributed by atoms with E-state index in [0.717, 1.165) is 16.9 Å². The fourth-order valence-electron chi connectivity index (χ4n) is 2.23. The van der Waals surface area contributed by atoms with E-state index in [1.807, 2.05) is 51.1 Å². The first kappa shape index (κ1) is 17.1. The highest BCUT2D eigenvalue weighted by Crippen LogP contribution is 2.27. The summed E-state index contributed by atoms with van der Waals surface area (Å²) in [6, 6.07) is 9.20. The molecule has 0 aliphatic heterocycles. The van der Waals surface area contributed by atoms with E-state index in [4.69, 9.17) is 5.11 Å². The van der Waals surface area contributed by atoms with E-state index in [-0.39, 0.29) is 16.8 Å². The molecule has 1 amide bonds. The number of carboxylic acids is 1. The molecule has 2 aromatic rings. The molecule has 122 valence electrons. The Bertz CT molecular complexity index is 723. The summed E-state index contributed by atoms with van der Waals surface area (Å²) in [4.78, 5) is 28.2. The zero-order valence-corrected chi connectivity index (χ0v) is 14.4. The van der Waals surface area contributed by atoms with Gasteiger partial charge in [-0.25, -0.2) is 9.78 Å². The van der Waals surface area contributed by atoms with Crippen LogP contribution in [-0.4, -0.2) is 22.0 Å². The maximum atomic E-state index is 12.6. The SMILES string of the molecule is Cc1nc(C(C)NC(=O)C(C)(C)c2ccccc2)sc1C(=O)O. The maximum absolute atomic E-state index is 12.6. The maximum Gasteiger partial charge on any atom is 0.347 e. The van der Waals surface area contributed by atoms with Crippen molar-refractivity contribution < 1.29 is 14.7 Å². The Hall–Kier alpha value is -2.21. The molecule has 0 spiro atoms. The Balaban J connectivity index is 2.16. The number of hydrogen-bond donors (Lipinski definition) is 2. The first-order valence-electron chi connectivity index (χ1n) is 7.30. The Morgan fingerprint density at radius 2 is 1.87 bits per heavy atom. The van der Waals surface area contributed by atoms with Crippen LogP contribution in [0, 0.1) is 6.92 Å². The van der Waals surface area contributed by atoms with Gasteiger partial charge in [0.05, 0.1) is 17.2 Å². The van der Waals surface area contributed by atoms with Gasteiger partial charge >= 0.3 is 5.97 Å². The van der Waals surface area contributed by atoms with Gasteiger partial charge in [0, 0.05) is 0 Å². The van der Waals surface area contributed by atoms with Gasteiger partial charge in [-0.1, -0.05) is 30.3 Å². The van der Waals surface area contributed by atoms with Crippen LogP contribution in [-0.2, 0) is 10.2 Å². The lowest BCUT2D eigenvalue weighted by molar-refractivity contribution is -0.126. The summed E-state index contributed by atoms with van der Waals surface area (Å²) in [7, 11) is 0. The molecule has 0 bridgehead atoms. The number of aromatic nitrogens is 1. The van der Waals surface area contributed by atoms with Crippen molar-refractivity contribution in [3.05, 3.63) is 51.5 Å². The van der Waals surface area contributed by atoms with Crippen molar-refractivity contribution in [3.8, 4) is 0 Å². The second-order valence-corrected chi connectivity index (χ2v) is 6.99. The highest BCUT2D eigenvalue weighted by molar-refractivity contribution is 7.13. The first-order valence-corrected chi connectivity index (χ1v) is 8.12. The molecular weight excluding hydrogens is 312 g/mol.